The van der Waals surface area contributed by atoms with Crippen molar-refractivity contribution in [3.63, 3.8) is 0 Å². The molecular weight excluding hydrogens is 396 g/mol. The summed E-state index contributed by atoms with van der Waals surface area (Å²) in [6, 6.07) is 7.54. The minimum Gasteiger partial charge on any atom is -0.495 e. The predicted molar refractivity (Wildman–Crippen MR) is 112 cm³/mol. The van der Waals surface area contributed by atoms with Crippen LogP contribution in [0.5, 0.6) is 17.2 Å². The van der Waals surface area contributed by atoms with Gasteiger partial charge in [0.1, 0.15) is 5.75 Å². The maximum absolute atomic E-state index is 12.8. The molecule has 0 spiro atoms. The molecule has 0 saturated carbocycles. The summed E-state index contributed by atoms with van der Waals surface area (Å²) in [5.74, 6) is 0.532. The quantitative estimate of drug-likeness (QED) is 0.635. The molecule has 0 aromatic heterocycles. The second-order valence-electron chi connectivity index (χ2n) is 6.75. The van der Waals surface area contributed by atoms with Crippen LogP contribution in [0.2, 0.25) is 5.02 Å². The normalized spacial score (nSPS) is 10.6. The van der Waals surface area contributed by atoms with Gasteiger partial charge in [0.25, 0.3) is 5.91 Å². The van der Waals surface area contributed by atoms with E-state index in [1.165, 1.54) is 38.5 Å². The fourth-order valence-electron chi connectivity index (χ4n) is 2.54. The zero-order valence-electron chi connectivity index (χ0n) is 16.9. The molecule has 2 aromatic carbocycles. The number of carbonyl (C=O) groups excluding carboxylic acids is 2. The molecule has 0 fully saturated rings. The Morgan fingerprint density at radius 2 is 1.76 bits per heavy atom. The molecule has 156 valence electrons. The Labute approximate surface area is 175 Å². The highest BCUT2D eigenvalue weighted by molar-refractivity contribution is 6.32. The summed E-state index contributed by atoms with van der Waals surface area (Å²) < 4.78 is 16.3. The molecule has 2 rings (SSSR count). The van der Waals surface area contributed by atoms with Gasteiger partial charge in [0.05, 0.1) is 31.5 Å². The lowest BCUT2D eigenvalue weighted by Crippen LogP contribution is -2.15. The maximum atomic E-state index is 12.8. The first-order valence-electron chi connectivity index (χ1n) is 9.06. The zero-order valence-corrected chi connectivity index (χ0v) is 17.6. The van der Waals surface area contributed by atoms with Gasteiger partial charge in [-0.1, -0.05) is 25.4 Å². The fraction of sp³-hybridized carbons (Fsp3) is 0.333. The van der Waals surface area contributed by atoms with Crippen LogP contribution in [0.1, 0.15) is 41.0 Å². The van der Waals surface area contributed by atoms with E-state index >= 15 is 0 Å². The molecule has 0 saturated heterocycles. The van der Waals surface area contributed by atoms with E-state index in [1.54, 1.807) is 6.07 Å². The third kappa shape index (κ3) is 5.77. The van der Waals surface area contributed by atoms with E-state index in [9.17, 15) is 9.59 Å². The summed E-state index contributed by atoms with van der Waals surface area (Å²) in [5.41, 5.74) is 6.12. The highest BCUT2D eigenvalue weighted by atomic mass is 35.5. The number of carbonyl (C=O) groups is 2. The van der Waals surface area contributed by atoms with Crippen molar-refractivity contribution in [1.82, 2.24) is 0 Å². The smallest absolute Gasteiger partial charge is 0.255 e. The van der Waals surface area contributed by atoms with E-state index in [4.69, 9.17) is 31.5 Å². The number of ether oxygens (including phenoxy) is 3. The average molecular weight is 421 g/mol. The molecule has 0 aliphatic heterocycles. The Kier molecular flexibility index (Phi) is 7.73. The predicted octanol–water partition coefficient (Wildman–Crippen LogP) is 4.13. The standard InChI is InChI=1S/C21H25ClN2O5/c1-12(2)7-8-29-19-15(22)9-14(11-18(19)28-4)21(26)24-16-10-13(20(23)25)5-6-17(16)27-3/h5-6,9-12H,7-8H2,1-4H3,(H2,23,25)(H,24,26). The first kappa shape index (κ1) is 22.4. The molecule has 0 unspecified atom stereocenters. The van der Waals surface area contributed by atoms with Crippen LogP contribution in [-0.4, -0.2) is 32.6 Å². The fourth-order valence-corrected chi connectivity index (χ4v) is 2.81. The molecule has 0 bridgehead atoms. The van der Waals surface area contributed by atoms with E-state index in [1.807, 2.05) is 0 Å². The van der Waals surface area contributed by atoms with Crippen molar-refractivity contribution in [3.8, 4) is 17.2 Å². The Bertz CT molecular complexity index is 899. The Morgan fingerprint density at radius 1 is 1.07 bits per heavy atom. The summed E-state index contributed by atoms with van der Waals surface area (Å²) in [7, 11) is 2.93. The lowest BCUT2D eigenvalue weighted by atomic mass is 10.1. The summed E-state index contributed by atoms with van der Waals surface area (Å²) >= 11 is 6.33. The second kappa shape index (κ2) is 10.0. The maximum Gasteiger partial charge on any atom is 0.255 e. The highest BCUT2D eigenvalue weighted by Crippen LogP contribution is 2.37. The van der Waals surface area contributed by atoms with Crippen molar-refractivity contribution in [3.05, 3.63) is 46.5 Å². The lowest BCUT2D eigenvalue weighted by molar-refractivity contribution is 0.0996. The third-order valence-electron chi connectivity index (χ3n) is 4.17. The van der Waals surface area contributed by atoms with Gasteiger partial charge in [0.2, 0.25) is 5.91 Å². The number of hydrogen-bond acceptors (Lipinski definition) is 5. The van der Waals surface area contributed by atoms with Gasteiger partial charge in [-0.2, -0.15) is 0 Å². The van der Waals surface area contributed by atoms with Crippen LogP contribution < -0.4 is 25.3 Å². The first-order valence-corrected chi connectivity index (χ1v) is 9.44. The van der Waals surface area contributed by atoms with Crippen molar-refractivity contribution in [2.45, 2.75) is 20.3 Å². The molecule has 0 aliphatic carbocycles. The van der Waals surface area contributed by atoms with Crippen molar-refractivity contribution >= 4 is 29.1 Å². The Balaban J connectivity index is 2.28. The molecule has 3 N–H and O–H groups in total. The molecule has 0 aliphatic rings. The van der Waals surface area contributed by atoms with Crippen LogP contribution in [0, 0.1) is 5.92 Å². The number of rotatable bonds is 9. The number of methoxy groups -OCH3 is 2. The largest absolute Gasteiger partial charge is 0.495 e. The number of anilines is 1. The Morgan fingerprint density at radius 3 is 2.34 bits per heavy atom. The molecule has 0 atom stereocenters. The number of nitrogens with one attached hydrogen (secondary N) is 1. The molecule has 8 heteroatoms. The zero-order chi connectivity index (χ0) is 21.6. The molecular formula is C21H25ClN2O5. The molecule has 0 heterocycles. The summed E-state index contributed by atoms with van der Waals surface area (Å²) in [4.78, 5) is 24.2. The van der Waals surface area contributed by atoms with Crippen LogP contribution >= 0.6 is 11.6 Å². The topological polar surface area (TPSA) is 99.9 Å². The van der Waals surface area contributed by atoms with Crippen LogP contribution in [0.25, 0.3) is 0 Å². The summed E-state index contributed by atoms with van der Waals surface area (Å²) in [6.07, 6.45) is 0.859. The monoisotopic (exact) mass is 420 g/mol. The molecule has 2 aromatic rings. The van der Waals surface area contributed by atoms with Crippen LogP contribution in [-0.2, 0) is 0 Å². The highest BCUT2D eigenvalue weighted by Gasteiger charge is 2.18. The SMILES string of the molecule is COc1ccc(C(N)=O)cc1NC(=O)c1cc(Cl)c(OCCC(C)C)c(OC)c1. The third-order valence-corrected chi connectivity index (χ3v) is 4.45. The van der Waals surface area contributed by atoms with Crippen LogP contribution in [0.3, 0.4) is 0 Å². The molecule has 29 heavy (non-hydrogen) atoms. The lowest BCUT2D eigenvalue weighted by Gasteiger charge is -2.15. The number of nitrogens with two attached hydrogens (primary N) is 1. The van der Waals surface area contributed by atoms with Gasteiger partial charge < -0.3 is 25.3 Å². The van der Waals surface area contributed by atoms with Gasteiger partial charge in [0, 0.05) is 11.1 Å². The van der Waals surface area contributed by atoms with E-state index < -0.39 is 11.8 Å². The Hall–Kier alpha value is -2.93. The number of halogens is 1. The average Bonchev–Trinajstić information content (AvgIpc) is 2.68. The van der Waals surface area contributed by atoms with E-state index in [0.717, 1.165) is 6.42 Å². The van der Waals surface area contributed by atoms with E-state index in [2.05, 4.69) is 19.2 Å². The van der Waals surface area contributed by atoms with Crippen molar-refractivity contribution < 1.29 is 23.8 Å². The van der Waals surface area contributed by atoms with Crippen molar-refractivity contribution in [2.75, 3.05) is 26.1 Å². The van der Waals surface area contributed by atoms with Crippen LogP contribution in [0.15, 0.2) is 30.3 Å². The minimum atomic E-state index is -0.615. The molecule has 2 amide bonds. The van der Waals surface area contributed by atoms with Gasteiger partial charge in [-0.25, -0.2) is 0 Å². The van der Waals surface area contributed by atoms with E-state index in [-0.39, 0.29) is 16.1 Å². The molecule has 0 radical (unpaired) electrons. The van der Waals surface area contributed by atoms with Gasteiger partial charge in [0.15, 0.2) is 11.5 Å². The van der Waals surface area contributed by atoms with Gasteiger partial charge in [-0.3, -0.25) is 9.59 Å². The van der Waals surface area contributed by atoms with Gasteiger partial charge in [-0.15, -0.1) is 0 Å². The number of primary amides is 1. The summed E-state index contributed by atoms with van der Waals surface area (Å²) in [5, 5.41) is 2.96. The summed E-state index contributed by atoms with van der Waals surface area (Å²) in [6.45, 7) is 4.67. The first-order chi connectivity index (χ1) is 13.8. The van der Waals surface area contributed by atoms with Crippen molar-refractivity contribution in [1.29, 1.82) is 0 Å². The number of benzene rings is 2. The van der Waals surface area contributed by atoms with Crippen molar-refractivity contribution in [2.24, 2.45) is 11.7 Å². The number of hydrogen-bond donors (Lipinski definition) is 2. The minimum absolute atomic E-state index is 0.241. The molecule has 7 nitrogen and oxygen atoms in total. The van der Waals surface area contributed by atoms with Gasteiger partial charge >= 0.3 is 0 Å². The van der Waals surface area contributed by atoms with Crippen LogP contribution in [0.4, 0.5) is 5.69 Å². The van der Waals surface area contributed by atoms with Gasteiger partial charge in [-0.05, 0) is 42.7 Å². The van der Waals surface area contributed by atoms with E-state index in [0.29, 0.717) is 35.5 Å². The second-order valence-corrected chi connectivity index (χ2v) is 7.16. The number of amides is 2.